The van der Waals surface area contributed by atoms with Crippen molar-refractivity contribution in [2.75, 3.05) is 5.73 Å². The van der Waals surface area contributed by atoms with Crippen molar-refractivity contribution in [2.24, 2.45) is 0 Å². The van der Waals surface area contributed by atoms with Crippen LogP contribution in [-0.4, -0.2) is 20.2 Å². The Labute approximate surface area is 213 Å². The summed E-state index contributed by atoms with van der Waals surface area (Å²) in [4.78, 5) is 9.82. The molecule has 5 heteroatoms. The molecule has 0 spiro atoms. The van der Waals surface area contributed by atoms with Gasteiger partial charge in [-0.25, -0.2) is 4.98 Å². The highest BCUT2D eigenvalue weighted by atomic mass is 15.2. The van der Waals surface area contributed by atoms with E-state index in [1.54, 1.807) is 0 Å². The number of nitrogens with one attached hydrogen (secondary N) is 1. The minimum Gasteiger partial charge on any atom is -0.383 e. The second kappa shape index (κ2) is 6.71. The van der Waals surface area contributed by atoms with Gasteiger partial charge in [-0.2, -0.15) is 4.98 Å². The van der Waals surface area contributed by atoms with Crippen molar-refractivity contribution < 1.29 is 0 Å². The summed E-state index contributed by atoms with van der Waals surface area (Å²) in [5, 5.41) is 11.1. The summed E-state index contributed by atoms with van der Waals surface area (Å²) in [6.45, 7) is 4.61. The first kappa shape index (κ1) is 20.4. The van der Waals surface area contributed by atoms with Crippen LogP contribution in [0.5, 0.6) is 0 Å². The van der Waals surface area contributed by atoms with E-state index >= 15 is 0 Å². The summed E-state index contributed by atoms with van der Waals surface area (Å²) >= 11 is 0. The maximum absolute atomic E-state index is 8.68. The van der Waals surface area contributed by atoms with E-state index in [4.69, 9.17) is 21.1 Å². The number of rotatable bonds is 1. The Morgan fingerprint density at radius 2 is 1.41 bits per heavy atom. The summed E-state index contributed by atoms with van der Waals surface area (Å²) < 4.78 is 2.13. The molecule has 0 amide bonds. The SMILES string of the molecule is CC1(C)c2ccccc2-c2c1ccc1c2c2ccccc2n1-c1nc(N)c2c(n1)-c1ccccc1C2=N. The molecule has 4 aromatic carbocycles. The summed E-state index contributed by atoms with van der Waals surface area (Å²) in [6.07, 6.45) is 0. The van der Waals surface area contributed by atoms with Crippen molar-refractivity contribution in [3.63, 3.8) is 0 Å². The van der Waals surface area contributed by atoms with Crippen LogP contribution in [0.4, 0.5) is 5.82 Å². The lowest BCUT2D eigenvalue weighted by atomic mass is 9.82. The zero-order valence-electron chi connectivity index (χ0n) is 20.5. The van der Waals surface area contributed by atoms with Gasteiger partial charge in [0.2, 0.25) is 5.95 Å². The Morgan fingerprint density at radius 1 is 0.703 bits per heavy atom. The quantitative estimate of drug-likeness (QED) is 0.271. The molecule has 3 N–H and O–H groups in total. The van der Waals surface area contributed by atoms with Gasteiger partial charge in [0, 0.05) is 27.3 Å². The Kier molecular flexibility index (Phi) is 3.70. The second-order valence-corrected chi connectivity index (χ2v) is 10.5. The predicted octanol–water partition coefficient (Wildman–Crippen LogP) is 6.86. The summed E-state index contributed by atoms with van der Waals surface area (Å²) in [5.74, 6) is 0.859. The summed E-state index contributed by atoms with van der Waals surface area (Å²) in [7, 11) is 0. The van der Waals surface area contributed by atoms with Gasteiger partial charge in [0.05, 0.1) is 28.0 Å². The first-order valence-corrected chi connectivity index (χ1v) is 12.5. The third-order valence-corrected chi connectivity index (χ3v) is 8.21. The molecule has 2 heterocycles. The van der Waals surface area contributed by atoms with E-state index in [9.17, 15) is 0 Å². The van der Waals surface area contributed by atoms with Crippen LogP contribution in [0.15, 0.2) is 84.9 Å². The first-order chi connectivity index (χ1) is 18.0. The summed E-state index contributed by atoms with van der Waals surface area (Å²) in [6, 6.07) is 29.5. The fraction of sp³-hybridized carbons (Fsp3) is 0.0938. The maximum atomic E-state index is 8.68. The lowest BCUT2D eigenvalue weighted by molar-refractivity contribution is 0.661. The molecule has 176 valence electrons. The van der Waals surface area contributed by atoms with Crippen molar-refractivity contribution in [3.8, 4) is 28.3 Å². The molecule has 0 atom stereocenters. The van der Waals surface area contributed by atoms with E-state index in [1.807, 2.05) is 24.3 Å². The van der Waals surface area contributed by atoms with Gasteiger partial charge in [-0.05, 0) is 34.4 Å². The van der Waals surface area contributed by atoms with Crippen molar-refractivity contribution in [3.05, 3.63) is 107 Å². The third-order valence-electron chi connectivity index (χ3n) is 8.21. The minimum absolute atomic E-state index is 0.0815. The highest BCUT2D eigenvalue weighted by Gasteiger charge is 2.37. The molecule has 5 nitrogen and oxygen atoms in total. The van der Waals surface area contributed by atoms with Crippen LogP contribution < -0.4 is 5.73 Å². The van der Waals surface area contributed by atoms with Gasteiger partial charge in [0.1, 0.15) is 5.82 Å². The van der Waals surface area contributed by atoms with Crippen LogP contribution in [-0.2, 0) is 5.41 Å². The zero-order chi connectivity index (χ0) is 25.1. The molecule has 6 aromatic rings. The maximum Gasteiger partial charge on any atom is 0.237 e. The predicted molar refractivity (Wildman–Crippen MR) is 150 cm³/mol. The number of hydrogen-bond donors (Lipinski definition) is 2. The molecular formula is C32H23N5. The van der Waals surface area contributed by atoms with Gasteiger partial charge in [0.15, 0.2) is 0 Å². The number of fused-ring (bicyclic) bond motifs is 10. The number of nitrogen functional groups attached to an aromatic ring is 1. The number of hydrogen-bond acceptors (Lipinski definition) is 4. The fourth-order valence-corrected chi connectivity index (χ4v) is 6.52. The Morgan fingerprint density at radius 3 is 2.24 bits per heavy atom. The number of para-hydroxylation sites is 1. The topological polar surface area (TPSA) is 80.6 Å². The monoisotopic (exact) mass is 477 g/mol. The molecule has 0 saturated carbocycles. The molecule has 2 aromatic heterocycles. The number of nitrogens with two attached hydrogens (primary N) is 1. The van der Waals surface area contributed by atoms with Gasteiger partial charge in [0.25, 0.3) is 0 Å². The molecule has 0 unspecified atom stereocenters. The Bertz CT molecular complexity index is 1990. The number of nitrogens with zero attached hydrogens (tertiary/aromatic N) is 3. The van der Waals surface area contributed by atoms with E-state index in [1.165, 1.54) is 27.6 Å². The molecule has 2 aliphatic carbocycles. The van der Waals surface area contributed by atoms with Crippen LogP contribution in [0.3, 0.4) is 0 Å². The molecule has 2 aliphatic rings. The van der Waals surface area contributed by atoms with E-state index < -0.39 is 0 Å². The highest BCUT2D eigenvalue weighted by molar-refractivity contribution is 6.24. The van der Waals surface area contributed by atoms with Crippen molar-refractivity contribution in [1.82, 2.24) is 14.5 Å². The number of aromatic nitrogens is 3. The molecule has 0 radical (unpaired) electrons. The molecule has 37 heavy (non-hydrogen) atoms. The second-order valence-electron chi connectivity index (χ2n) is 10.5. The normalized spacial score (nSPS) is 14.6. The van der Waals surface area contributed by atoms with Gasteiger partial charge < -0.3 is 5.73 Å². The van der Waals surface area contributed by atoms with Crippen molar-refractivity contribution >= 4 is 33.3 Å². The standard InChI is InChI=1S/C32H23N5/c1-32(2)21-13-7-5-11-19(21)25-22(32)15-16-24-26(25)20-12-6-8-14-23(20)37(24)31-35-29-18-10-4-3-9-17(18)28(33)27(29)30(34)36-31/h3-16,33H,1-2H3,(H2,34,35,36). The molecule has 8 rings (SSSR count). The van der Waals surface area contributed by atoms with E-state index in [0.29, 0.717) is 23.0 Å². The lowest BCUT2D eigenvalue weighted by Crippen LogP contribution is -2.14. The van der Waals surface area contributed by atoms with Crippen LogP contribution >= 0.6 is 0 Å². The van der Waals surface area contributed by atoms with Crippen LogP contribution in [0.1, 0.15) is 36.1 Å². The van der Waals surface area contributed by atoms with Crippen molar-refractivity contribution in [2.45, 2.75) is 19.3 Å². The first-order valence-electron chi connectivity index (χ1n) is 12.5. The summed E-state index contributed by atoms with van der Waals surface area (Å²) in [5.41, 5.74) is 17.3. The van der Waals surface area contributed by atoms with Crippen LogP contribution in [0.25, 0.3) is 50.1 Å². The van der Waals surface area contributed by atoms with E-state index in [2.05, 4.69) is 79.1 Å². The minimum atomic E-state index is -0.0815. The molecular weight excluding hydrogens is 454 g/mol. The average molecular weight is 478 g/mol. The fourth-order valence-electron chi connectivity index (χ4n) is 6.52. The number of benzene rings is 4. The molecule has 0 saturated heterocycles. The smallest absolute Gasteiger partial charge is 0.237 e. The van der Waals surface area contributed by atoms with Gasteiger partial charge in [-0.15, -0.1) is 0 Å². The zero-order valence-corrected chi connectivity index (χ0v) is 20.5. The average Bonchev–Trinajstić information content (AvgIpc) is 3.48. The Balaban J connectivity index is 1.50. The van der Waals surface area contributed by atoms with Crippen LogP contribution in [0.2, 0.25) is 0 Å². The van der Waals surface area contributed by atoms with Gasteiger partial charge >= 0.3 is 0 Å². The van der Waals surface area contributed by atoms with Gasteiger partial charge in [-0.1, -0.05) is 86.6 Å². The third kappa shape index (κ3) is 2.41. The molecule has 0 bridgehead atoms. The van der Waals surface area contributed by atoms with Gasteiger partial charge in [-0.3, -0.25) is 9.98 Å². The van der Waals surface area contributed by atoms with Crippen LogP contribution in [0, 0.1) is 5.41 Å². The number of anilines is 1. The molecule has 0 aliphatic heterocycles. The van der Waals surface area contributed by atoms with E-state index in [-0.39, 0.29) is 5.41 Å². The lowest BCUT2D eigenvalue weighted by Gasteiger charge is -2.21. The highest BCUT2D eigenvalue weighted by Crippen LogP contribution is 2.53. The van der Waals surface area contributed by atoms with Crippen molar-refractivity contribution in [1.29, 1.82) is 5.41 Å². The Hall–Kier alpha value is -4.77. The molecule has 0 fully saturated rings. The van der Waals surface area contributed by atoms with E-state index in [0.717, 1.165) is 33.2 Å². The largest absolute Gasteiger partial charge is 0.383 e.